The number of carbonyl (C=O) groups excluding carboxylic acids is 3. The molecule has 4 heterocycles. The van der Waals surface area contributed by atoms with Crippen LogP contribution >= 0.6 is 12.2 Å². The van der Waals surface area contributed by atoms with E-state index in [0.717, 1.165) is 70.4 Å². The lowest BCUT2D eigenvalue weighted by Crippen LogP contribution is -2.57. The second-order valence-electron chi connectivity index (χ2n) is 15.5. The minimum atomic E-state index is -4.75. The van der Waals surface area contributed by atoms with Crippen molar-refractivity contribution in [2.24, 2.45) is 0 Å². The summed E-state index contributed by atoms with van der Waals surface area (Å²) in [6.45, 7) is 13.0. The molecule has 1 aromatic heterocycles. The molecule has 1 aliphatic carbocycles. The standard InChI is InChI=1S/C39H49F3N8O5S/c1-25-23-46(24-26(2)47(25)15-5-18-55-34-13-10-30(22-44-34)48-16-14-33(51)45-36(48)53)17-19-54-31-11-8-28(9-12-31)50-37(56)49(35(52)38(50,3)4)29-7-6-27(21-43)32(20-29)39(40,41)42/h6-7,10,13,20,22,25-26,28,31H,5,8-9,11-12,14-19,23-24H2,1-4H3,(H,45,51,53)/t25-,26+,28-,31-. The molecule has 4 amide bonds. The average Bonchev–Trinajstić information content (AvgIpc) is 3.33. The Morgan fingerprint density at radius 2 is 1.70 bits per heavy atom. The molecule has 0 spiro atoms. The molecule has 3 saturated heterocycles. The van der Waals surface area contributed by atoms with Crippen molar-refractivity contribution in [1.29, 1.82) is 5.26 Å². The molecular weight excluding hydrogens is 750 g/mol. The smallest absolute Gasteiger partial charge is 0.417 e. The van der Waals surface area contributed by atoms with Crippen LogP contribution in [0.4, 0.5) is 29.3 Å². The monoisotopic (exact) mass is 798 g/mol. The maximum Gasteiger partial charge on any atom is 0.417 e. The predicted molar refractivity (Wildman–Crippen MR) is 206 cm³/mol. The largest absolute Gasteiger partial charge is 0.478 e. The molecule has 1 saturated carbocycles. The number of imide groups is 1. The zero-order chi connectivity index (χ0) is 40.4. The van der Waals surface area contributed by atoms with Crippen LogP contribution in [0.15, 0.2) is 36.5 Å². The first-order chi connectivity index (χ1) is 26.6. The van der Waals surface area contributed by atoms with Gasteiger partial charge in [0, 0.05) is 63.3 Å². The second-order valence-corrected chi connectivity index (χ2v) is 15.9. The number of nitrogens with zero attached hydrogens (tertiary/aromatic N) is 7. The third-order valence-corrected chi connectivity index (χ3v) is 11.6. The number of hydrogen-bond acceptors (Lipinski definition) is 10. The predicted octanol–water partition coefficient (Wildman–Crippen LogP) is 5.32. The van der Waals surface area contributed by atoms with E-state index in [2.05, 4.69) is 33.9 Å². The van der Waals surface area contributed by atoms with Crippen LogP contribution in [0.5, 0.6) is 5.88 Å². The summed E-state index contributed by atoms with van der Waals surface area (Å²) < 4.78 is 53.4. The quantitative estimate of drug-likeness (QED) is 0.221. The lowest BCUT2D eigenvalue weighted by Gasteiger charge is -2.44. The Hall–Kier alpha value is -4.37. The number of nitrogens with one attached hydrogen (secondary N) is 1. The number of anilines is 2. The Morgan fingerprint density at radius 1 is 1.00 bits per heavy atom. The molecule has 302 valence electrons. The van der Waals surface area contributed by atoms with Crippen LogP contribution in [0.25, 0.3) is 0 Å². The topological polar surface area (TPSA) is 135 Å². The summed E-state index contributed by atoms with van der Waals surface area (Å²) >= 11 is 5.74. The summed E-state index contributed by atoms with van der Waals surface area (Å²) in [6.07, 6.45) is 1.00. The van der Waals surface area contributed by atoms with Gasteiger partial charge in [-0.25, -0.2) is 9.78 Å². The molecule has 13 nitrogen and oxygen atoms in total. The Morgan fingerprint density at radius 3 is 2.32 bits per heavy atom. The van der Waals surface area contributed by atoms with E-state index >= 15 is 0 Å². The highest BCUT2D eigenvalue weighted by molar-refractivity contribution is 7.80. The Balaban J connectivity index is 0.909. The minimum Gasteiger partial charge on any atom is -0.478 e. The fraction of sp³-hybridized carbons (Fsp3) is 0.590. The number of amides is 4. The zero-order valence-electron chi connectivity index (χ0n) is 32.2. The Labute approximate surface area is 330 Å². The van der Waals surface area contributed by atoms with Gasteiger partial charge in [-0.15, -0.1) is 0 Å². The van der Waals surface area contributed by atoms with E-state index in [0.29, 0.717) is 43.4 Å². The van der Waals surface area contributed by atoms with Crippen LogP contribution < -0.4 is 19.9 Å². The van der Waals surface area contributed by atoms with Gasteiger partial charge in [-0.1, -0.05) is 0 Å². The molecule has 2 aromatic rings. The summed E-state index contributed by atoms with van der Waals surface area (Å²) in [5.41, 5.74) is -2.04. The van der Waals surface area contributed by atoms with Crippen LogP contribution in [-0.4, -0.2) is 118 Å². The average molecular weight is 799 g/mol. The number of thiocarbonyl (C=S) groups is 1. The van der Waals surface area contributed by atoms with Gasteiger partial charge in [0.05, 0.1) is 54.1 Å². The van der Waals surface area contributed by atoms with Crippen LogP contribution in [0.1, 0.15) is 77.3 Å². The number of alkyl halides is 3. The maximum atomic E-state index is 13.7. The van der Waals surface area contributed by atoms with Gasteiger partial charge in [-0.05, 0) is 96.3 Å². The molecule has 4 fully saturated rings. The first-order valence-electron chi connectivity index (χ1n) is 19.2. The van der Waals surface area contributed by atoms with Crippen molar-refractivity contribution in [2.75, 3.05) is 55.7 Å². The number of hydrogen-bond donors (Lipinski definition) is 1. The van der Waals surface area contributed by atoms with Gasteiger partial charge in [0.15, 0.2) is 5.11 Å². The third kappa shape index (κ3) is 8.93. The Bertz CT molecular complexity index is 1820. The fourth-order valence-corrected chi connectivity index (χ4v) is 8.98. The van der Waals surface area contributed by atoms with Crippen molar-refractivity contribution in [1.82, 2.24) is 25.0 Å². The molecule has 56 heavy (non-hydrogen) atoms. The lowest BCUT2D eigenvalue weighted by molar-refractivity contribution is -0.137. The molecule has 0 unspecified atom stereocenters. The van der Waals surface area contributed by atoms with Crippen molar-refractivity contribution in [3.63, 3.8) is 0 Å². The molecular formula is C39H49F3N8O5S. The first kappa shape index (κ1) is 41.3. The molecule has 0 bridgehead atoms. The van der Waals surface area contributed by atoms with Gasteiger partial charge in [-0.2, -0.15) is 18.4 Å². The number of rotatable bonds is 12. The van der Waals surface area contributed by atoms with Crippen LogP contribution in [0, 0.1) is 11.3 Å². The van der Waals surface area contributed by atoms with E-state index in [1.165, 1.54) is 15.9 Å². The number of carbonyl (C=O) groups is 3. The molecule has 4 aliphatic rings. The molecule has 2 atom stereocenters. The highest BCUT2D eigenvalue weighted by Crippen LogP contribution is 2.40. The fourth-order valence-electron chi connectivity index (χ4n) is 8.41. The SMILES string of the molecule is C[C@@H]1CN(CCO[C@H]2CC[C@H](N3C(=S)N(c4ccc(C#N)c(C(F)(F)F)c4)C(=O)C3(C)C)CC2)C[C@H](C)N1CCCOc1ccc(N2CCC(=O)NC2=O)cn1. The number of pyridine rings is 1. The summed E-state index contributed by atoms with van der Waals surface area (Å²) in [4.78, 5) is 50.9. The van der Waals surface area contributed by atoms with Gasteiger partial charge in [0.25, 0.3) is 5.91 Å². The summed E-state index contributed by atoms with van der Waals surface area (Å²) in [7, 11) is 0. The molecule has 1 N–H and O–H groups in total. The van der Waals surface area contributed by atoms with Gasteiger partial charge in [-0.3, -0.25) is 34.5 Å². The molecule has 6 rings (SSSR count). The van der Waals surface area contributed by atoms with Gasteiger partial charge < -0.3 is 14.4 Å². The number of benzene rings is 1. The highest BCUT2D eigenvalue weighted by atomic mass is 32.1. The summed E-state index contributed by atoms with van der Waals surface area (Å²) in [6, 6.07) is 8.53. The number of halogens is 3. The van der Waals surface area contributed by atoms with Crippen molar-refractivity contribution in [3.8, 4) is 11.9 Å². The molecule has 3 aliphatic heterocycles. The minimum absolute atomic E-state index is 0.00132. The van der Waals surface area contributed by atoms with E-state index in [4.69, 9.17) is 21.7 Å². The number of ether oxygens (including phenoxy) is 2. The zero-order valence-corrected chi connectivity index (χ0v) is 33.0. The molecule has 17 heteroatoms. The van der Waals surface area contributed by atoms with Gasteiger partial charge in [0.1, 0.15) is 5.54 Å². The van der Waals surface area contributed by atoms with Gasteiger partial charge >= 0.3 is 12.2 Å². The number of nitriles is 1. The molecule has 1 aromatic carbocycles. The van der Waals surface area contributed by atoms with E-state index in [1.54, 1.807) is 38.2 Å². The van der Waals surface area contributed by atoms with Crippen molar-refractivity contribution in [2.45, 2.75) is 102 Å². The third-order valence-electron chi connectivity index (χ3n) is 11.3. The Kier molecular flexibility index (Phi) is 12.5. The summed E-state index contributed by atoms with van der Waals surface area (Å²) in [5.74, 6) is -0.197. The highest BCUT2D eigenvalue weighted by Gasteiger charge is 2.52. The summed E-state index contributed by atoms with van der Waals surface area (Å²) in [5, 5.41) is 11.7. The number of aromatic nitrogens is 1. The van der Waals surface area contributed by atoms with E-state index < -0.39 is 34.8 Å². The normalized spacial score (nSPS) is 25.1. The van der Waals surface area contributed by atoms with Crippen LogP contribution in [0.2, 0.25) is 0 Å². The maximum absolute atomic E-state index is 13.7. The van der Waals surface area contributed by atoms with Crippen LogP contribution in [-0.2, 0) is 20.5 Å². The van der Waals surface area contributed by atoms with Crippen molar-refractivity contribution < 1.29 is 37.0 Å². The van der Waals surface area contributed by atoms with E-state index in [-0.39, 0.29) is 35.3 Å². The van der Waals surface area contributed by atoms with Gasteiger partial charge in [0.2, 0.25) is 11.8 Å². The van der Waals surface area contributed by atoms with E-state index in [1.807, 2.05) is 4.90 Å². The van der Waals surface area contributed by atoms with Crippen LogP contribution in [0.3, 0.4) is 0 Å². The first-order valence-corrected chi connectivity index (χ1v) is 19.6. The van der Waals surface area contributed by atoms with E-state index in [9.17, 15) is 32.8 Å². The lowest BCUT2D eigenvalue weighted by atomic mass is 9.89. The second kappa shape index (κ2) is 17.0. The number of piperazine rings is 1. The molecule has 0 radical (unpaired) electrons. The number of urea groups is 1. The van der Waals surface area contributed by atoms with Crippen molar-refractivity contribution in [3.05, 3.63) is 47.7 Å². The van der Waals surface area contributed by atoms with Crippen molar-refractivity contribution >= 4 is 46.6 Å².